The summed E-state index contributed by atoms with van der Waals surface area (Å²) < 4.78 is 21.1. The van der Waals surface area contributed by atoms with E-state index in [0.29, 0.717) is 46.2 Å². The second-order valence-electron chi connectivity index (χ2n) is 6.31. The Labute approximate surface area is 166 Å². The highest BCUT2D eigenvalue weighted by molar-refractivity contribution is 5.14. The highest BCUT2D eigenvalue weighted by Gasteiger charge is 2.26. The van der Waals surface area contributed by atoms with Crippen molar-refractivity contribution in [2.45, 2.75) is 25.4 Å². The molecule has 6 nitrogen and oxygen atoms in total. The second kappa shape index (κ2) is 14.2. The van der Waals surface area contributed by atoms with Gasteiger partial charge in [0.2, 0.25) is 0 Å². The second-order valence-corrected chi connectivity index (χ2v) is 6.31. The van der Waals surface area contributed by atoms with Gasteiger partial charge in [0.15, 0.2) is 0 Å². The molecule has 0 radical (unpaired) electrons. The normalized spacial score (nSPS) is 18.5. The Morgan fingerprint density at radius 1 is 0.786 bits per heavy atom. The van der Waals surface area contributed by atoms with Gasteiger partial charge in [-0.05, 0) is 11.1 Å². The summed E-state index contributed by atoms with van der Waals surface area (Å²) in [6, 6.07) is 19.9. The average molecular weight is 390 g/mol. The lowest BCUT2D eigenvalue weighted by Crippen LogP contribution is -2.28. The lowest BCUT2D eigenvalue weighted by Gasteiger charge is -2.13. The van der Waals surface area contributed by atoms with Crippen molar-refractivity contribution in [2.75, 3.05) is 39.6 Å². The molecule has 0 spiro atoms. The molecule has 1 aliphatic heterocycles. The number of rotatable bonds is 10. The molecule has 0 unspecified atom stereocenters. The zero-order valence-corrected chi connectivity index (χ0v) is 16.1. The summed E-state index contributed by atoms with van der Waals surface area (Å²) >= 11 is 0. The van der Waals surface area contributed by atoms with E-state index < -0.39 is 6.10 Å². The number of aliphatic hydroxyl groups excluding tert-OH is 2. The van der Waals surface area contributed by atoms with Crippen molar-refractivity contribution in [3.8, 4) is 0 Å². The van der Waals surface area contributed by atoms with E-state index in [-0.39, 0.29) is 12.7 Å². The van der Waals surface area contributed by atoms with E-state index in [1.807, 2.05) is 60.7 Å². The van der Waals surface area contributed by atoms with E-state index in [0.717, 1.165) is 11.1 Å². The molecular formula is C22H30O6. The van der Waals surface area contributed by atoms with Gasteiger partial charge in [-0.3, -0.25) is 0 Å². The highest BCUT2D eigenvalue weighted by Crippen LogP contribution is 2.09. The minimum atomic E-state index is -0.496. The van der Waals surface area contributed by atoms with Crippen LogP contribution in [-0.2, 0) is 32.2 Å². The van der Waals surface area contributed by atoms with Crippen LogP contribution in [0.15, 0.2) is 60.7 Å². The van der Waals surface area contributed by atoms with Gasteiger partial charge in [-0.1, -0.05) is 60.7 Å². The van der Waals surface area contributed by atoms with Gasteiger partial charge in [-0.25, -0.2) is 0 Å². The fourth-order valence-corrected chi connectivity index (χ4v) is 2.53. The maximum atomic E-state index is 9.43. The Bertz CT molecular complexity index is 607. The first-order valence-corrected chi connectivity index (χ1v) is 9.51. The van der Waals surface area contributed by atoms with Crippen LogP contribution < -0.4 is 0 Å². The van der Waals surface area contributed by atoms with Gasteiger partial charge in [0.25, 0.3) is 0 Å². The molecule has 0 bridgehead atoms. The standard InChI is InChI=1S/C13H18O4.C9H12O2/c14-12-9-16-10-13(12)17-7-6-15-8-11-4-2-1-3-5-11;10-6-7-11-8-9-4-2-1-3-5-9/h1-5,12-14H,6-10H2;1-5,10H,6-8H2/t12-,13-;/m1./s1. The molecule has 0 saturated carbocycles. The Morgan fingerprint density at radius 3 is 1.86 bits per heavy atom. The van der Waals surface area contributed by atoms with Gasteiger partial charge in [0.05, 0.1) is 52.9 Å². The van der Waals surface area contributed by atoms with Crippen molar-refractivity contribution >= 4 is 0 Å². The molecule has 1 heterocycles. The number of hydrogen-bond acceptors (Lipinski definition) is 6. The van der Waals surface area contributed by atoms with Crippen LogP contribution in [0.25, 0.3) is 0 Å². The summed E-state index contributed by atoms with van der Waals surface area (Å²) in [5, 5.41) is 17.9. The molecule has 6 heteroatoms. The van der Waals surface area contributed by atoms with Gasteiger partial charge in [-0.15, -0.1) is 0 Å². The Kier molecular flexibility index (Phi) is 11.4. The summed E-state index contributed by atoms with van der Waals surface area (Å²) in [5.41, 5.74) is 2.29. The fraction of sp³-hybridized carbons (Fsp3) is 0.455. The zero-order chi connectivity index (χ0) is 19.9. The Hall–Kier alpha value is -1.80. The summed E-state index contributed by atoms with van der Waals surface area (Å²) in [7, 11) is 0. The minimum absolute atomic E-state index is 0.0901. The first-order valence-electron chi connectivity index (χ1n) is 9.51. The molecule has 0 amide bonds. The highest BCUT2D eigenvalue weighted by atomic mass is 16.6. The van der Waals surface area contributed by atoms with Crippen LogP contribution in [0, 0.1) is 0 Å². The van der Waals surface area contributed by atoms with E-state index in [1.165, 1.54) is 0 Å². The van der Waals surface area contributed by atoms with Gasteiger partial charge in [-0.2, -0.15) is 0 Å². The molecule has 1 aliphatic rings. The molecule has 2 N–H and O–H groups in total. The van der Waals surface area contributed by atoms with Gasteiger partial charge in [0.1, 0.15) is 12.2 Å². The molecule has 28 heavy (non-hydrogen) atoms. The first-order chi connectivity index (χ1) is 13.8. The molecule has 1 saturated heterocycles. The zero-order valence-electron chi connectivity index (χ0n) is 16.1. The number of benzene rings is 2. The molecule has 2 atom stereocenters. The van der Waals surface area contributed by atoms with Crippen LogP contribution >= 0.6 is 0 Å². The van der Waals surface area contributed by atoms with Gasteiger partial charge in [0, 0.05) is 0 Å². The third-order valence-corrected chi connectivity index (χ3v) is 4.02. The monoisotopic (exact) mass is 390 g/mol. The quantitative estimate of drug-likeness (QED) is 0.606. The average Bonchev–Trinajstić information content (AvgIpc) is 3.15. The predicted octanol–water partition coefficient (Wildman–Crippen LogP) is 2.17. The fourth-order valence-electron chi connectivity index (χ4n) is 2.53. The first kappa shape index (κ1) is 22.5. The van der Waals surface area contributed by atoms with Crippen molar-refractivity contribution in [1.82, 2.24) is 0 Å². The Morgan fingerprint density at radius 2 is 1.36 bits per heavy atom. The Balaban J connectivity index is 0.000000221. The molecule has 2 aromatic rings. The van der Waals surface area contributed by atoms with Gasteiger partial charge < -0.3 is 29.2 Å². The third-order valence-electron chi connectivity index (χ3n) is 4.02. The van der Waals surface area contributed by atoms with E-state index in [9.17, 15) is 5.11 Å². The molecule has 2 aromatic carbocycles. The summed E-state index contributed by atoms with van der Waals surface area (Å²) in [5.74, 6) is 0. The van der Waals surface area contributed by atoms with Crippen molar-refractivity contribution in [2.24, 2.45) is 0 Å². The largest absolute Gasteiger partial charge is 0.394 e. The van der Waals surface area contributed by atoms with Crippen molar-refractivity contribution < 1.29 is 29.2 Å². The maximum absolute atomic E-state index is 9.43. The van der Waals surface area contributed by atoms with E-state index in [4.69, 9.17) is 24.1 Å². The lowest BCUT2D eigenvalue weighted by atomic mass is 10.2. The van der Waals surface area contributed by atoms with E-state index in [1.54, 1.807) is 0 Å². The van der Waals surface area contributed by atoms with Crippen LogP contribution in [0.5, 0.6) is 0 Å². The molecule has 0 aliphatic carbocycles. The molecule has 154 valence electrons. The van der Waals surface area contributed by atoms with E-state index in [2.05, 4.69) is 0 Å². The summed E-state index contributed by atoms with van der Waals surface area (Å²) in [4.78, 5) is 0. The van der Waals surface area contributed by atoms with E-state index >= 15 is 0 Å². The minimum Gasteiger partial charge on any atom is -0.394 e. The maximum Gasteiger partial charge on any atom is 0.109 e. The van der Waals surface area contributed by atoms with Crippen LogP contribution in [0.3, 0.4) is 0 Å². The SMILES string of the molecule is OCCOCc1ccccc1.O[C@@H]1COC[C@H]1OCCOCc1ccccc1. The molecule has 0 aromatic heterocycles. The van der Waals surface area contributed by atoms with Crippen molar-refractivity contribution in [3.05, 3.63) is 71.8 Å². The summed E-state index contributed by atoms with van der Waals surface area (Å²) in [6.07, 6.45) is -0.695. The van der Waals surface area contributed by atoms with Crippen LogP contribution in [-0.4, -0.2) is 62.1 Å². The number of aliphatic hydroxyl groups is 2. The number of ether oxygens (including phenoxy) is 4. The summed E-state index contributed by atoms with van der Waals surface area (Å²) in [6.45, 7) is 3.53. The topological polar surface area (TPSA) is 77.4 Å². The van der Waals surface area contributed by atoms with Crippen LogP contribution in [0.1, 0.15) is 11.1 Å². The molecule has 3 rings (SSSR count). The van der Waals surface area contributed by atoms with Crippen LogP contribution in [0.4, 0.5) is 0 Å². The number of hydrogen-bond donors (Lipinski definition) is 2. The van der Waals surface area contributed by atoms with Gasteiger partial charge >= 0.3 is 0 Å². The third kappa shape index (κ3) is 9.41. The molecule has 1 fully saturated rings. The smallest absolute Gasteiger partial charge is 0.109 e. The lowest BCUT2D eigenvalue weighted by molar-refractivity contribution is -0.0370. The van der Waals surface area contributed by atoms with Crippen molar-refractivity contribution in [1.29, 1.82) is 0 Å². The van der Waals surface area contributed by atoms with Crippen molar-refractivity contribution in [3.63, 3.8) is 0 Å². The predicted molar refractivity (Wildman–Crippen MR) is 106 cm³/mol. The van der Waals surface area contributed by atoms with Crippen LogP contribution in [0.2, 0.25) is 0 Å². The molecular weight excluding hydrogens is 360 g/mol.